The lowest BCUT2D eigenvalue weighted by Crippen LogP contribution is -2.00. The molecule has 96 valence electrons. The van der Waals surface area contributed by atoms with Gasteiger partial charge in [-0.05, 0) is 24.6 Å². The molecule has 1 heterocycles. The van der Waals surface area contributed by atoms with Gasteiger partial charge in [0.05, 0.1) is 12.7 Å². The van der Waals surface area contributed by atoms with Crippen molar-refractivity contribution in [2.24, 2.45) is 0 Å². The fourth-order valence-corrected chi connectivity index (χ4v) is 1.85. The van der Waals surface area contributed by atoms with Gasteiger partial charge in [0.2, 0.25) is 0 Å². The average Bonchev–Trinajstić information content (AvgIpc) is 2.79. The minimum atomic E-state index is -0.360. The average molecular weight is 247 g/mol. The van der Waals surface area contributed by atoms with E-state index in [0.717, 1.165) is 24.2 Å². The summed E-state index contributed by atoms with van der Waals surface area (Å²) >= 11 is 0. The molecule has 0 atom stereocenters. The Balaban J connectivity index is 2.20. The van der Waals surface area contributed by atoms with Crippen molar-refractivity contribution in [1.29, 1.82) is 0 Å². The highest BCUT2D eigenvalue weighted by molar-refractivity contribution is 5.93. The van der Waals surface area contributed by atoms with Crippen molar-refractivity contribution in [3.63, 3.8) is 0 Å². The number of rotatable bonds is 5. The summed E-state index contributed by atoms with van der Waals surface area (Å²) in [5.74, 6) is 0.376. The van der Waals surface area contributed by atoms with Gasteiger partial charge in [0.1, 0.15) is 5.52 Å². The largest absolute Gasteiger partial charge is 0.465 e. The molecule has 2 rings (SSSR count). The maximum absolute atomic E-state index is 11.4. The van der Waals surface area contributed by atoms with Crippen LogP contribution in [0.1, 0.15) is 42.4 Å². The summed E-state index contributed by atoms with van der Waals surface area (Å²) in [7, 11) is 1.36. The van der Waals surface area contributed by atoms with E-state index >= 15 is 0 Å². The first-order chi connectivity index (χ1) is 8.74. The number of hydrogen-bond acceptors (Lipinski definition) is 4. The molecule has 0 aliphatic rings. The normalized spacial score (nSPS) is 10.8. The highest BCUT2D eigenvalue weighted by Gasteiger charge is 2.10. The van der Waals surface area contributed by atoms with E-state index in [1.54, 1.807) is 18.2 Å². The molecule has 0 bridgehead atoms. The third kappa shape index (κ3) is 2.70. The van der Waals surface area contributed by atoms with Gasteiger partial charge in [0, 0.05) is 6.42 Å². The third-order valence-corrected chi connectivity index (χ3v) is 2.85. The lowest BCUT2D eigenvalue weighted by Gasteiger charge is -1.96. The van der Waals surface area contributed by atoms with Gasteiger partial charge >= 0.3 is 5.97 Å². The molecule has 1 aromatic heterocycles. The summed E-state index contributed by atoms with van der Waals surface area (Å²) < 4.78 is 10.3. The van der Waals surface area contributed by atoms with Gasteiger partial charge in [-0.1, -0.05) is 19.8 Å². The first-order valence-electron chi connectivity index (χ1n) is 6.22. The Labute approximate surface area is 106 Å². The van der Waals surface area contributed by atoms with Crippen LogP contribution in [0.3, 0.4) is 0 Å². The molecule has 0 radical (unpaired) electrons. The van der Waals surface area contributed by atoms with Crippen LogP contribution in [0.4, 0.5) is 0 Å². The van der Waals surface area contributed by atoms with Gasteiger partial charge in [-0.2, -0.15) is 0 Å². The number of esters is 1. The summed E-state index contributed by atoms with van der Waals surface area (Å²) in [5.41, 5.74) is 1.92. The van der Waals surface area contributed by atoms with Crippen molar-refractivity contribution < 1.29 is 13.9 Å². The van der Waals surface area contributed by atoms with Gasteiger partial charge in [-0.3, -0.25) is 0 Å². The van der Waals surface area contributed by atoms with Crippen LogP contribution in [0, 0.1) is 0 Å². The van der Waals surface area contributed by atoms with E-state index < -0.39 is 0 Å². The smallest absolute Gasteiger partial charge is 0.337 e. The number of fused-ring (bicyclic) bond motifs is 1. The molecule has 0 amide bonds. The standard InChI is InChI=1S/C14H17NO3/c1-3-4-5-6-13-15-11-8-7-10(14(16)17-2)9-12(11)18-13/h7-9H,3-6H2,1-2H3. The van der Waals surface area contributed by atoms with Gasteiger partial charge in [0.15, 0.2) is 11.5 Å². The van der Waals surface area contributed by atoms with E-state index in [1.165, 1.54) is 20.0 Å². The van der Waals surface area contributed by atoms with Crippen LogP contribution in [-0.4, -0.2) is 18.1 Å². The highest BCUT2D eigenvalue weighted by atomic mass is 16.5. The van der Waals surface area contributed by atoms with E-state index in [1.807, 2.05) is 0 Å². The lowest BCUT2D eigenvalue weighted by molar-refractivity contribution is 0.0601. The molecule has 0 N–H and O–H groups in total. The molecule has 0 saturated heterocycles. The molecule has 0 spiro atoms. The Hall–Kier alpha value is -1.84. The van der Waals surface area contributed by atoms with Crippen molar-refractivity contribution in [2.75, 3.05) is 7.11 Å². The zero-order valence-corrected chi connectivity index (χ0v) is 10.7. The van der Waals surface area contributed by atoms with Crippen molar-refractivity contribution in [3.8, 4) is 0 Å². The predicted octanol–water partition coefficient (Wildman–Crippen LogP) is 3.35. The molecule has 18 heavy (non-hydrogen) atoms. The Morgan fingerprint density at radius 1 is 1.39 bits per heavy atom. The molecular formula is C14H17NO3. The minimum absolute atomic E-state index is 0.360. The number of aryl methyl sites for hydroxylation is 1. The fraction of sp³-hybridized carbons (Fsp3) is 0.429. The summed E-state index contributed by atoms with van der Waals surface area (Å²) in [6, 6.07) is 5.17. The fourth-order valence-electron chi connectivity index (χ4n) is 1.85. The Bertz CT molecular complexity index is 545. The van der Waals surface area contributed by atoms with E-state index in [0.29, 0.717) is 11.1 Å². The van der Waals surface area contributed by atoms with Gasteiger partial charge < -0.3 is 9.15 Å². The van der Waals surface area contributed by atoms with Crippen molar-refractivity contribution >= 4 is 17.1 Å². The second-order valence-corrected chi connectivity index (χ2v) is 4.24. The molecule has 0 unspecified atom stereocenters. The van der Waals surface area contributed by atoms with Crippen LogP contribution in [0.5, 0.6) is 0 Å². The molecule has 4 heteroatoms. The van der Waals surface area contributed by atoms with E-state index in [9.17, 15) is 4.79 Å². The molecule has 0 aliphatic carbocycles. The SMILES string of the molecule is CCCCCc1nc2ccc(C(=O)OC)cc2o1. The van der Waals surface area contributed by atoms with Crippen LogP contribution >= 0.6 is 0 Å². The number of benzene rings is 1. The summed E-state index contributed by atoms with van der Waals surface area (Å²) in [4.78, 5) is 15.8. The van der Waals surface area contributed by atoms with Crippen LogP contribution < -0.4 is 0 Å². The van der Waals surface area contributed by atoms with Crippen LogP contribution in [0.15, 0.2) is 22.6 Å². The quantitative estimate of drug-likeness (QED) is 0.600. The highest BCUT2D eigenvalue weighted by Crippen LogP contribution is 2.19. The Kier molecular flexibility index (Phi) is 3.97. The first-order valence-corrected chi connectivity index (χ1v) is 6.22. The van der Waals surface area contributed by atoms with Crippen molar-refractivity contribution in [3.05, 3.63) is 29.7 Å². The maximum Gasteiger partial charge on any atom is 0.337 e. The molecule has 0 fully saturated rings. The minimum Gasteiger partial charge on any atom is -0.465 e. The van der Waals surface area contributed by atoms with Crippen LogP contribution in [0.25, 0.3) is 11.1 Å². The Morgan fingerprint density at radius 2 is 2.22 bits per heavy atom. The van der Waals surface area contributed by atoms with Gasteiger partial charge in [-0.15, -0.1) is 0 Å². The van der Waals surface area contributed by atoms with E-state index in [2.05, 4.69) is 16.6 Å². The topological polar surface area (TPSA) is 52.3 Å². The van der Waals surface area contributed by atoms with E-state index in [4.69, 9.17) is 4.42 Å². The van der Waals surface area contributed by atoms with Crippen molar-refractivity contribution in [2.45, 2.75) is 32.6 Å². The summed E-state index contributed by atoms with van der Waals surface area (Å²) in [6.45, 7) is 2.16. The third-order valence-electron chi connectivity index (χ3n) is 2.85. The number of methoxy groups -OCH3 is 1. The first kappa shape index (κ1) is 12.6. The summed E-state index contributed by atoms with van der Waals surface area (Å²) in [6.07, 6.45) is 4.27. The molecule has 4 nitrogen and oxygen atoms in total. The summed E-state index contributed by atoms with van der Waals surface area (Å²) in [5, 5.41) is 0. The zero-order valence-electron chi connectivity index (χ0n) is 10.7. The number of aromatic nitrogens is 1. The zero-order chi connectivity index (χ0) is 13.0. The maximum atomic E-state index is 11.4. The van der Waals surface area contributed by atoms with Crippen LogP contribution in [0.2, 0.25) is 0 Å². The van der Waals surface area contributed by atoms with Gasteiger partial charge in [0.25, 0.3) is 0 Å². The molecule has 2 aromatic rings. The molecule has 0 saturated carbocycles. The Morgan fingerprint density at radius 3 is 2.94 bits per heavy atom. The number of carbonyl (C=O) groups excluding carboxylic acids is 1. The number of nitrogens with zero attached hydrogens (tertiary/aromatic N) is 1. The lowest BCUT2D eigenvalue weighted by atomic mass is 10.2. The molecular weight excluding hydrogens is 230 g/mol. The number of ether oxygens (including phenoxy) is 1. The van der Waals surface area contributed by atoms with E-state index in [-0.39, 0.29) is 5.97 Å². The second kappa shape index (κ2) is 5.67. The van der Waals surface area contributed by atoms with Crippen molar-refractivity contribution in [1.82, 2.24) is 4.98 Å². The molecule has 0 aliphatic heterocycles. The van der Waals surface area contributed by atoms with Crippen LogP contribution in [-0.2, 0) is 11.2 Å². The predicted molar refractivity (Wildman–Crippen MR) is 68.6 cm³/mol. The molecule has 1 aromatic carbocycles. The number of oxazole rings is 1. The number of unbranched alkanes of at least 4 members (excludes halogenated alkanes) is 2. The number of carbonyl (C=O) groups is 1. The van der Waals surface area contributed by atoms with Gasteiger partial charge in [-0.25, -0.2) is 9.78 Å². The monoisotopic (exact) mass is 247 g/mol. The number of hydrogen-bond donors (Lipinski definition) is 0. The second-order valence-electron chi connectivity index (χ2n) is 4.24.